The molecule has 0 spiro atoms. The number of fused-ring (bicyclic) bond motifs is 1. The summed E-state index contributed by atoms with van der Waals surface area (Å²) < 4.78 is 25.7. The number of amides is 2. The van der Waals surface area contributed by atoms with E-state index in [0.717, 1.165) is 4.31 Å². The van der Waals surface area contributed by atoms with E-state index < -0.39 is 22.0 Å². The van der Waals surface area contributed by atoms with Crippen molar-refractivity contribution in [1.29, 1.82) is 0 Å². The first kappa shape index (κ1) is 16.4. The smallest absolute Gasteiger partial charge is 0.269 e. The lowest BCUT2D eigenvalue weighted by Gasteiger charge is -2.18. The van der Waals surface area contributed by atoms with Gasteiger partial charge in [-0.1, -0.05) is 0 Å². The van der Waals surface area contributed by atoms with Crippen LogP contribution in [0.2, 0.25) is 0 Å². The van der Waals surface area contributed by atoms with Crippen LogP contribution in [0.25, 0.3) is 0 Å². The van der Waals surface area contributed by atoms with Crippen molar-refractivity contribution in [3.05, 3.63) is 29.3 Å². The van der Waals surface area contributed by atoms with E-state index >= 15 is 0 Å². The molecule has 0 saturated heterocycles. The fraction of sp³-hybridized carbons (Fsp3) is 0.429. The third kappa shape index (κ3) is 2.71. The molecule has 0 fully saturated rings. The van der Waals surface area contributed by atoms with Gasteiger partial charge in [0.15, 0.2) is 0 Å². The summed E-state index contributed by atoms with van der Waals surface area (Å²) in [6.07, 6.45) is 0. The van der Waals surface area contributed by atoms with Gasteiger partial charge in [-0.05, 0) is 39.1 Å². The van der Waals surface area contributed by atoms with Crippen LogP contribution in [0, 0.1) is 0 Å². The normalized spacial score (nSPS) is 16.0. The van der Waals surface area contributed by atoms with Gasteiger partial charge < -0.3 is 10.6 Å². The Hall–Kier alpha value is -1.93. The molecule has 0 aromatic heterocycles. The minimum Gasteiger partial charge on any atom is -0.351 e. The number of hydrogen-bond donors (Lipinski definition) is 2. The van der Waals surface area contributed by atoms with Crippen molar-refractivity contribution in [2.24, 2.45) is 0 Å². The molecule has 0 bridgehead atoms. The van der Waals surface area contributed by atoms with E-state index in [0.29, 0.717) is 13.1 Å². The van der Waals surface area contributed by atoms with Crippen molar-refractivity contribution in [3.8, 4) is 0 Å². The molecule has 1 aliphatic heterocycles. The maximum Gasteiger partial charge on any atom is 0.269 e. The summed E-state index contributed by atoms with van der Waals surface area (Å²) in [7, 11) is -2.12. The molecule has 7 nitrogen and oxygen atoms in total. The van der Waals surface area contributed by atoms with Crippen LogP contribution in [0.15, 0.2) is 23.1 Å². The van der Waals surface area contributed by atoms with Crippen molar-refractivity contribution in [1.82, 2.24) is 14.9 Å². The minimum atomic E-state index is -3.88. The molecule has 22 heavy (non-hydrogen) atoms. The van der Waals surface area contributed by atoms with Gasteiger partial charge in [-0.3, -0.25) is 9.59 Å². The molecule has 2 rings (SSSR count). The Morgan fingerprint density at radius 1 is 1.27 bits per heavy atom. The highest BCUT2D eigenvalue weighted by Crippen LogP contribution is 2.32. The van der Waals surface area contributed by atoms with Crippen LogP contribution < -0.4 is 10.6 Å². The molecule has 0 radical (unpaired) electrons. The second-order valence-electron chi connectivity index (χ2n) is 5.27. The zero-order chi connectivity index (χ0) is 16.5. The third-order valence-corrected chi connectivity index (χ3v) is 5.34. The highest BCUT2D eigenvalue weighted by molar-refractivity contribution is 7.90. The summed E-state index contributed by atoms with van der Waals surface area (Å²) in [6, 6.07) is 3.65. The van der Waals surface area contributed by atoms with Crippen LogP contribution in [-0.2, 0) is 10.0 Å². The topological polar surface area (TPSA) is 95.6 Å². The van der Waals surface area contributed by atoms with E-state index in [-0.39, 0.29) is 21.9 Å². The van der Waals surface area contributed by atoms with Gasteiger partial charge >= 0.3 is 0 Å². The summed E-state index contributed by atoms with van der Waals surface area (Å²) in [6.45, 7) is 4.30. The molecule has 0 aliphatic carbocycles. The van der Waals surface area contributed by atoms with E-state index in [1.54, 1.807) is 20.9 Å². The number of rotatable bonds is 5. The number of hydrogen-bond acceptors (Lipinski definition) is 5. The first-order valence-corrected chi connectivity index (χ1v) is 8.40. The molecule has 0 unspecified atom stereocenters. The van der Waals surface area contributed by atoms with Gasteiger partial charge in [0.05, 0.1) is 5.56 Å². The van der Waals surface area contributed by atoms with Gasteiger partial charge in [-0.15, -0.1) is 0 Å². The van der Waals surface area contributed by atoms with Gasteiger partial charge in [0, 0.05) is 24.7 Å². The summed E-state index contributed by atoms with van der Waals surface area (Å²) in [4.78, 5) is 24.1. The average molecular weight is 325 g/mol. The second kappa shape index (κ2) is 6.05. The number of sulfonamides is 1. The Morgan fingerprint density at radius 3 is 2.55 bits per heavy atom. The number of carbonyl (C=O) groups is 2. The molecule has 2 N–H and O–H groups in total. The van der Waals surface area contributed by atoms with Gasteiger partial charge in [0.2, 0.25) is 0 Å². The Morgan fingerprint density at radius 2 is 1.95 bits per heavy atom. The van der Waals surface area contributed by atoms with E-state index in [1.165, 1.54) is 18.2 Å². The molecule has 8 heteroatoms. The number of benzene rings is 1. The highest BCUT2D eigenvalue weighted by atomic mass is 32.2. The number of nitrogens with zero attached hydrogens (tertiary/aromatic N) is 1. The summed E-state index contributed by atoms with van der Waals surface area (Å²) >= 11 is 0. The molecule has 1 aromatic carbocycles. The number of likely N-dealkylation sites (N-methyl/N-ethyl adjacent to an activating group) is 1. The summed E-state index contributed by atoms with van der Waals surface area (Å²) in [5.74, 6) is -0.921. The van der Waals surface area contributed by atoms with Crippen LogP contribution >= 0.6 is 0 Å². The lowest BCUT2D eigenvalue weighted by atomic mass is 10.1. The predicted molar refractivity (Wildman–Crippen MR) is 81.2 cm³/mol. The molecule has 1 heterocycles. The zero-order valence-electron chi connectivity index (χ0n) is 12.7. The van der Waals surface area contributed by atoms with Crippen LogP contribution in [0.1, 0.15) is 34.6 Å². The monoisotopic (exact) mass is 325 g/mol. The van der Waals surface area contributed by atoms with Gasteiger partial charge in [0.1, 0.15) is 4.90 Å². The van der Waals surface area contributed by atoms with E-state index in [1.807, 2.05) is 0 Å². The Bertz CT molecular complexity index is 713. The Kier molecular flexibility index (Phi) is 4.52. The molecule has 120 valence electrons. The average Bonchev–Trinajstić information content (AvgIpc) is 2.65. The Balaban J connectivity index is 2.36. The maximum absolute atomic E-state index is 12.4. The van der Waals surface area contributed by atoms with Crippen molar-refractivity contribution < 1.29 is 18.0 Å². The molecule has 0 atom stereocenters. The fourth-order valence-electron chi connectivity index (χ4n) is 2.30. The fourth-order valence-corrected chi connectivity index (χ4v) is 4.10. The number of nitrogens with one attached hydrogen (secondary N) is 2. The molecular formula is C14H19N3O4S. The Labute approximate surface area is 129 Å². The number of carbonyl (C=O) groups excluding carboxylic acids is 2. The molecule has 0 saturated carbocycles. The lowest BCUT2D eigenvalue weighted by Crippen LogP contribution is -2.36. The largest absolute Gasteiger partial charge is 0.351 e. The third-order valence-electron chi connectivity index (χ3n) is 3.34. The minimum absolute atomic E-state index is 0.104. The van der Waals surface area contributed by atoms with Crippen molar-refractivity contribution in [2.45, 2.75) is 24.8 Å². The van der Waals surface area contributed by atoms with E-state index in [4.69, 9.17) is 0 Å². The predicted octanol–water partition coefficient (Wildman–Crippen LogP) is 0.189. The zero-order valence-corrected chi connectivity index (χ0v) is 13.5. The van der Waals surface area contributed by atoms with Crippen molar-refractivity contribution >= 4 is 21.8 Å². The molecular weight excluding hydrogens is 306 g/mol. The standard InChI is InChI=1S/C14H19N3O4S/c1-9(2)17-14(19)11-5-4-10(8-12(11)22(17,20)21)13(18)16-7-6-15-3/h4-5,8-9,15H,6-7H2,1-3H3,(H,16,18). The van der Waals surface area contributed by atoms with Crippen LogP contribution in [0.3, 0.4) is 0 Å². The lowest BCUT2D eigenvalue weighted by molar-refractivity contribution is 0.0845. The van der Waals surface area contributed by atoms with Crippen molar-refractivity contribution in [2.75, 3.05) is 20.1 Å². The summed E-state index contributed by atoms with van der Waals surface area (Å²) in [5, 5.41) is 5.56. The molecule has 1 aliphatic rings. The van der Waals surface area contributed by atoms with E-state index in [2.05, 4.69) is 10.6 Å². The maximum atomic E-state index is 12.4. The quantitative estimate of drug-likeness (QED) is 0.754. The van der Waals surface area contributed by atoms with Crippen LogP contribution in [0.5, 0.6) is 0 Å². The highest BCUT2D eigenvalue weighted by Gasteiger charge is 2.42. The first-order chi connectivity index (χ1) is 10.3. The van der Waals surface area contributed by atoms with E-state index in [9.17, 15) is 18.0 Å². The van der Waals surface area contributed by atoms with Crippen LogP contribution in [-0.4, -0.2) is 50.7 Å². The SMILES string of the molecule is CNCCNC(=O)c1ccc2c(c1)S(=O)(=O)N(C(C)C)C2=O. The molecule has 1 aromatic rings. The van der Waals surface area contributed by atoms with Crippen molar-refractivity contribution in [3.63, 3.8) is 0 Å². The summed E-state index contributed by atoms with van der Waals surface area (Å²) in [5.41, 5.74) is 0.331. The first-order valence-electron chi connectivity index (χ1n) is 6.96. The second-order valence-corrected chi connectivity index (χ2v) is 7.05. The van der Waals surface area contributed by atoms with Crippen LogP contribution in [0.4, 0.5) is 0 Å². The van der Waals surface area contributed by atoms with Gasteiger partial charge in [-0.2, -0.15) is 0 Å². The molecule has 2 amide bonds. The van der Waals surface area contributed by atoms with Gasteiger partial charge in [-0.25, -0.2) is 12.7 Å². The van der Waals surface area contributed by atoms with Gasteiger partial charge in [0.25, 0.3) is 21.8 Å².